The van der Waals surface area contributed by atoms with Crippen molar-refractivity contribution in [3.8, 4) is 0 Å². The number of anilines is 2. The number of carbonyl (C=O) groups excluding carboxylic acids is 5. The summed E-state index contributed by atoms with van der Waals surface area (Å²) in [6, 6.07) is 6.60. The lowest BCUT2D eigenvalue weighted by molar-refractivity contribution is -0.125. The van der Waals surface area contributed by atoms with Crippen molar-refractivity contribution >= 4 is 47.9 Å². The molecule has 15 nitrogen and oxygen atoms in total. The van der Waals surface area contributed by atoms with Crippen LogP contribution in [0.15, 0.2) is 30.5 Å². The number of hydrogen-bond acceptors (Lipinski definition) is 9. The van der Waals surface area contributed by atoms with Crippen LogP contribution in [0.2, 0.25) is 0 Å². The molecule has 1 aliphatic carbocycles. The molecule has 3 heterocycles. The van der Waals surface area contributed by atoms with Gasteiger partial charge in [0.1, 0.15) is 18.1 Å². The van der Waals surface area contributed by atoms with Gasteiger partial charge in [0.2, 0.25) is 11.8 Å². The average molecular weight is 739 g/mol. The molecule has 1 saturated carbocycles. The summed E-state index contributed by atoms with van der Waals surface area (Å²) in [5.74, 6) is -0.171. The van der Waals surface area contributed by atoms with E-state index in [2.05, 4.69) is 35.9 Å². The van der Waals surface area contributed by atoms with Gasteiger partial charge in [0, 0.05) is 68.9 Å². The zero-order chi connectivity index (χ0) is 38.8. The molecule has 4 amide bonds. The molecule has 3 fully saturated rings. The molecule has 1 aromatic heterocycles. The Morgan fingerprint density at radius 2 is 1.62 bits per heavy atom. The van der Waals surface area contributed by atoms with Crippen molar-refractivity contribution in [2.75, 3.05) is 50.5 Å². The number of nitrogens with zero attached hydrogens (tertiary/aromatic N) is 4. The van der Waals surface area contributed by atoms with Crippen molar-refractivity contribution in [3.63, 3.8) is 0 Å². The van der Waals surface area contributed by atoms with Gasteiger partial charge >= 0.3 is 6.09 Å². The number of aldehydes is 2. The second-order valence-electron chi connectivity index (χ2n) is 14.0. The molecular weight excluding hydrogens is 680 g/mol. The fraction of sp³-hybridized carbons (Fsp3) is 0.605. The van der Waals surface area contributed by atoms with Gasteiger partial charge in [-0.15, -0.1) is 0 Å². The lowest BCUT2D eigenvalue weighted by atomic mass is 9.92. The SMILES string of the molecule is C1CCCC1.CC(C)NC(=O)O.CNC(=O)C(CCC=O)N(C)C(=O)c1cc(N2CCC(N3CCC(C(=O)Nc4ccn[nH]4)CC3)CC2)ccc1C=O. The second-order valence-corrected chi connectivity index (χ2v) is 14.0. The average Bonchev–Trinajstić information content (AvgIpc) is 3.92. The Hall–Kier alpha value is -4.79. The van der Waals surface area contributed by atoms with E-state index in [0.717, 1.165) is 63.8 Å². The number of likely N-dealkylation sites (tertiary alicyclic amines) is 1. The molecule has 1 aromatic carbocycles. The highest BCUT2D eigenvalue weighted by Gasteiger charge is 2.32. The Morgan fingerprint density at radius 1 is 0.981 bits per heavy atom. The lowest BCUT2D eigenvalue weighted by Crippen LogP contribution is -2.49. The molecule has 0 bridgehead atoms. The minimum atomic E-state index is -0.963. The van der Waals surface area contributed by atoms with E-state index in [1.54, 1.807) is 38.2 Å². The van der Waals surface area contributed by atoms with Crippen LogP contribution < -0.4 is 20.9 Å². The molecule has 15 heteroatoms. The van der Waals surface area contributed by atoms with Crippen LogP contribution >= 0.6 is 0 Å². The van der Waals surface area contributed by atoms with Crippen LogP contribution in [0.3, 0.4) is 0 Å². The highest BCUT2D eigenvalue weighted by molar-refractivity contribution is 6.04. The first-order valence-electron chi connectivity index (χ1n) is 18.8. The Labute approximate surface area is 312 Å². The molecule has 5 rings (SSSR count). The number of H-pyrrole nitrogens is 1. The number of aromatic nitrogens is 2. The van der Waals surface area contributed by atoms with Crippen molar-refractivity contribution in [1.29, 1.82) is 0 Å². The van der Waals surface area contributed by atoms with E-state index in [9.17, 15) is 28.8 Å². The standard InChI is InChI=1S/C29H39N7O5.C5H10.C4H9NO2/c1-30-28(40)25(4-3-17-37)34(2)29(41)24-18-23(6-5-21(24)19-38)36-15-10-22(11-16-36)35-13-8-20(9-14-35)27(39)32-26-7-12-31-33-26;1-2-4-5-3-1;1-3(2)5-4(6)7/h5-7,12,17-20,22,25H,3-4,8-11,13-16H2,1-2H3,(H,30,40)(H2,31,32,33,39);1-5H2;3,5H,1-2H3,(H,6,7). The first kappa shape index (κ1) is 42.6. The Balaban J connectivity index is 0.000000536. The van der Waals surface area contributed by atoms with Gasteiger partial charge in [-0.25, -0.2) is 4.79 Å². The number of piperidine rings is 2. The number of hydrogen-bond donors (Lipinski definition) is 5. The monoisotopic (exact) mass is 738 g/mol. The number of carbonyl (C=O) groups is 6. The highest BCUT2D eigenvalue weighted by Crippen LogP contribution is 2.28. The number of amides is 4. The molecular formula is C38H58N8O7. The molecule has 1 atom stereocenters. The molecule has 53 heavy (non-hydrogen) atoms. The lowest BCUT2D eigenvalue weighted by Gasteiger charge is -2.42. The normalized spacial score (nSPS) is 17.0. The summed E-state index contributed by atoms with van der Waals surface area (Å²) < 4.78 is 0. The summed E-state index contributed by atoms with van der Waals surface area (Å²) in [7, 11) is 3.00. The molecule has 5 N–H and O–H groups in total. The Kier molecular flexibility index (Phi) is 17.9. The van der Waals surface area contributed by atoms with Gasteiger partial charge in [-0.3, -0.25) is 24.3 Å². The van der Waals surface area contributed by atoms with E-state index in [-0.39, 0.29) is 47.7 Å². The van der Waals surface area contributed by atoms with E-state index in [1.807, 2.05) is 6.07 Å². The third-order valence-electron chi connectivity index (χ3n) is 9.96. The first-order chi connectivity index (χ1) is 25.5. The van der Waals surface area contributed by atoms with E-state index in [4.69, 9.17) is 5.11 Å². The first-order valence-corrected chi connectivity index (χ1v) is 18.8. The highest BCUT2D eigenvalue weighted by atomic mass is 16.4. The van der Waals surface area contributed by atoms with Crippen LogP contribution in [0.4, 0.5) is 16.3 Å². The molecule has 0 spiro atoms. The quantitative estimate of drug-likeness (QED) is 0.196. The van der Waals surface area contributed by atoms with Crippen LogP contribution in [-0.4, -0.2) is 120 Å². The maximum Gasteiger partial charge on any atom is 0.404 e. The van der Waals surface area contributed by atoms with Crippen LogP contribution in [-0.2, 0) is 14.4 Å². The summed E-state index contributed by atoms with van der Waals surface area (Å²) in [6.07, 6.45) is 13.4. The van der Waals surface area contributed by atoms with Crippen LogP contribution in [0.1, 0.15) is 105 Å². The summed E-state index contributed by atoms with van der Waals surface area (Å²) in [6.45, 7) is 6.90. The smallest absolute Gasteiger partial charge is 0.404 e. The van der Waals surface area contributed by atoms with E-state index < -0.39 is 18.0 Å². The van der Waals surface area contributed by atoms with Crippen molar-refractivity contribution < 1.29 is 33.9 Å². The molecule has 0 radical (unpaired) electrons. The predicted octanol–water partition coefficient (Wildman–Crippen LogP) is 4.32. The Bertz CT molecular complexity index is 1460. The number of likely N-dealkylation sites (N-methyl/N-ethyl adjacent to an activating group) is 2. The van der Waals surface area contributed by atoms with E-state index in [1.165, 1.54) is 51.1 Å². The molecule has 292 valence electrons. The summed E-state index contributed by atoms with van der Waals surface area (Å²) >= 11 is 0. The van der Waals surface area contributed by atoms with Gasteiger partial charge in [0.25, 0.3) is 5.91 Å². The van der Waals surface area contributed by atoms with Gasteiger partial charge < -0.3 is 40.6 Å². The molecule has 2 saturated heterocycles. The molecule has 1 unspecified atom stereocenters. The zero-order valence-electron chi connectivity index (χ0n) is 31.6. The molecule has 2 aromatic rings. The number of benzene rings is 1. The Morgan fingerprint density at radius 3 is 2.11 bits per heavy atom. The minimum absolute atomic E-state index is 0.0125. The molecule has 2 aliphatic heterocycles. The topological polar surface area (TPSA) is 197 Å². The third kappa shape index (κ3) is 13.6. The summed E-state index contributed by atoms with van der Waals surface area (Å²) in [5, 5.41) is 22.3. The molecule has 3 aliphatic rings. The van der Waals surface area contributed by atoms with Crippen molar-refractivity contribution in [1.82, 2.24) is 30.6 Å². The maximum atomic E-state index is 13.4. The van der Waals surface area contributed by atoms with Crippen LogP contribution in [0.5, 0.6) is 0 Å². The maximum absolute atomic E-state index is 13.4. The van der Waals surface area contributed by atoms with Gasteiger partial charge in [0.15, 0.2) is 6.29 Å². The fourth-order valence-corrected chi connectivity index (χ4v) is 6.96. The van der Waals surface area contributed by atoms with Gasteiger partial charge in [-0.1, -0.05) is 32.1 Å². The summed E-state index contributed by atoms with van der Waals surface area (Å²) in [4.78, 5) is 76.8. The zero-order valence-corrected chi connectivity index (χ0v) is 31.6. The van der Waals surface area contributed by atoms with Crippen molar-refractivity contribution in [2.24, 2.45) is 5.92 Å². The number of nitrogens with one attached hydrogen (secondary N) is 4. The predicted molar refractivity (Wildman–Crippen MR) is 203 cm³/mol. The second kappa shape index (κ2) is 22.3. The van der Waals surface area contributed by atoms with Gasteiger partial charge in [-0.05, 0) is 77.2 Å². The number of carboxylic acid groups (broad SMARTS) is 1. The van der Waals surface area contributed by atoms with Gasteiger partial charge in [-0.2, -0.15) is 5.10 Å². The number of rotatable bonds is 12. The van der Waals surface area contributed by atoms with E-state index >= 15 is 0 Å². The van der Waals surface area contributed by atoms with Crippen LogP contribution in [0.25, 0.3) is 0 Å². The van der Waals surface area contributed by atoms with Gasteiger partial charge in [0.05, 0.1) is 11.8 Å². The summed E-state index contributed by atoms with van der Waals surface area (Å²) in [5.41, 5.74) is 1.34. The van der Waals surface area contributed by atoms with E-state index in [0.29, 0.717) is 18.1 Å². The van der Waals surface area contributed by atoms with Crippen molar-refractivity contribution in [3.05, 3.63) is 41.6 Å². The minimum Gasteiger partial charge on any atom is -0.465 e. The van der Waals surface area contributed by atoms with Crippen molar-refractivity contribution in [2.45, 2.75) is 103 Å². The van der Waals surface area contributed by atoms with Crippen LogP contribution in [0, 0.1) is 5.92 Å². The third-order valence-corrected chi connectivity index (χ3v) is 9.96. The fourth-order valence-electron chi connectivity index (χ4n) is 6.96. The largest absolute Gasteiger partial charge is 0.465 e. The number of aromatic amines is 1.